The van der Waals surface area contributed by atoms with Crippen molar-refractivity contribution in [2.24, 2.45) is 5.92 Å². The summed E-state index contributed by atoms with van der Waals surface area (Å²) in [6.07, 6.45) is 2.37. The van der Waals surface area contributed by atoms with E-state index < -0.39 is 0 Å². The van der Waals surface area contributed by atoms with E-state index in [-0.39, 0.29) is 30.6 Å². The molecule has 3 N–H and O–H groups in total. The van der Waals surface area contributed by atoms with E-state index in [9.17, 15) is 4.79 Å². The number of methoxy groups -OCH3 is 1. The van der Waals surface area contributed by atoms with Crippen molar-refractivity contribution < 1.29 is 14.6 Å². The number of aliphatic hydroxyl groups is 1. The summed E-state index contributed by atoms with van der Waals surface area (Å²) in [6.45, 7) is 4.15. The number of carbonyl (C=O) groups is 1. The Kier molecular flexibility index (Phi) is 5.66. The monoisotopic (exact) mass is 306 g/mol. The van der Waals surface area contributed by atoms with E-state index in [1.165, 1.54) is 5.56 Å². The van der Waals surface area contributed by atoms with Gasteiger partial charge in [-0.25, -0.2) is 4.79 Å². The minimum atomic E-state index is -0.173. The number of fused-ring (bicyclic) bond motifs is 1. The molecule has 1 aliphatic rings. The summed E-state index contributed by atoms with van der Waals surface area (Å²) in [4.78, 5) is 12.2. The van der Waals surface area contributed by atoms with Gasteiger partial charge in [0.05, 0.1) is 13.2 Å². The third kappa shape index (κ3) is 3.71. The fraction of sp³-hybridized carbons (Fsp3) is 0.588. The van der Waals surface area contributed by atoms with Crippen LogP contribution in [0.4, 0.5) is 4.79 Å². The fourth-order valence-corrected chi connectivity index (χ4v) is 3.04. The van der Waals surface area contributed by atoms with Crippen LogP contribution in [0.1, 0.15) is 43.9 Å². The zero-order chi connectivity index (χ0) is 16.1. The van der Waals surface area contributed by atoms with Crippen LogP contribution in [0.15, 0.2) is 18.2 Å². The van der Waals surface area contributed by atoms with Crippen molar-refractivity contribution in [2.75, 3.05) is 13.7 Å². The van der Waals surface area contributed by atoms with Crippen LogP contribution in [-0.2, 0) is 6.42 Å². The Balaban J connectivity index is 2.00. The van der Waals surface area contributed by atoms with Crippen LogP contribution in [-0.4, -0.2) is 30.9 Å². The zero-order valence-corrected chi connectivity index (χ0v) is 13.6. The van der Waals surface area contributed by atoms with Gasteiger partial charge < -0.3 is 20.5 Å². The highest BCUT2D eigenvalue weighted by Gasteiger charge is 2.27. The van der Waals surface area contributed by atoms with Crippen molar-refractivity contribution in [3.8, 4) is 5.75 Å². The highest BCUT2D eigenvalue weighted by molar-refractivity contribution is 5.75. The van der Waals surface area contributed by atoms with E-state index in [0.29, 0.717) is 6.42 Å². The Morgan fingerprint density at radius 1 is 1.45 bits per heavy atom. The van der Waals surface area contributed by atoms with Gasteiger partial charge in [0.15, 0.2) is 0 Å². The van der Waals surface area contributed by atoms with Crippen LogP contribution >= 0.6 is 0 Å². The zero-order valence-electron chi connectivity index (χ0n) is 13.6. The molecule has 2 unspecified atom stereocenters. The lowest BCUT2D eigenvalue weighted by Crippen LogP contribution is -2.45. The lowest BCUT2D eigenvalue weighted by atomic mass is 10.0. The molecule has 0 aliphatic heterocycles. The van der Waals surface area contributed by atoms with Crippen LogP contribution in [0.3, 0.4) is 0 Å². The first-order chi connectivity index (χ1) is 10.6. The van der Waals surface area contributed by atoms with Gasteiger partial charge in [0.2, 0.25) is 0 Å². The number of nitrogens with one attached hydrogen (secondary N) is 2. The molecule has 122 valence electrons. The molecule has 1 aliphatic carbocycles. The van der Waals surface area contributed by atoms with Crippen LogP contribution in [0, 0.1) is 5.92 Å². The molecule has 2 amide bonds. The summed E-state index contributed by atoms with van der Waals surface area (Å²) < 4.78 is 5.38. The van der Waals surface area contributed by atoms with Gasteiger partial charge in [-0.05, 0) is 42.4 Å². The third-order valence-corrected chi connectivity index (χ3v) is 4.31. The summed E-state index contributed by atoms with van der Waals surface area (Å²) in [5.74, 6) is 1.18. The minimum Gasteiger partial charge on any atom is -0.496 e. The summed E-state index contributed by atoms with van der Waals surface area (Å²) >= 11 is 0. The molecule has 0 saturated heterocycles. The molecular formula is C17H26N2O3. The van der Waals surface area contributed by atoms with E-state index in [1.807, 2.05) is 32.0 Å². The summed E-state index contributed by atoms with van der Waals surface area (Å²) in [6, 6.07) is 5.79. The van der Waals surface area contributed by atoms with Gasteiger partial charge in [0, 0.05) is 12.6 Å². The SMILES string of the molecule is COc1cccc2c1CCC2NC(=O)NC(CCO)C(C)C. The molecule has 1 aromatic rings. The van der Waals surface area contributed by atoms with Gasteiger partial charge in [-0.2, -0.15) is 0 Å². The molecule has 5 heteroatoms. The number of carbonyl (C=O) groups excluding carboxylic acids is 1. The van der Waals surface area contributed by atoms with E-state index in [2.05, 4.69) is 10.6 Å². The molecule has 2 rings (SSSR count). The average Bonchev–Trinajstić information content (AvgIpc) is 2.89. The van der Waals surface area contributed by atoms with E-state index in [4.69, 9.17) is 9.84 Å². The Labute approximate surface area is 132 Å². The van der Waals surface area contributed by atoms with Crippen molar-refractivity contribution >= 4 is 6.03 Å². The lowest BCUT2D eigenvalue weighted by Gasteiger charge is -2.23. The van der Waals surface area contributed by atoms with Crippen molar-refractivity contribution in [3.63, 3.8) is 0 Å². The standard InChI is InChI=1S/C17H26N2O3/c1-11(2)14(9-10-20)18-17(21)19-15-8-7-13-12(15)5-4-6-16(13)22-3/h4-6,11,14-15,20H,7-10H2,1-3H3,(H2,18,19,21). The maximum absolute atomic E-state index is 12.2. The van der Waals surface area contributed by atoms with Crippen LogP contribution < -0.4 is 15.4 Å². The first-order valence-corrected chi connectivity index (χ1v) is 7.90. The van der Waals surface area contributed by atoms with Gasteiger partial charge in [-0.3, -0.25) is 0 Å². The number of urea groups is 1. The maximum atomic E-state index is 12.2. The van der Waals surface area contributed by atoms with Crippen molar-refractivity contribution in [1.29, 1.82) is 0 Å². The molecule has 0 saturated carbocycles. The molecule has 0 aromatic heterocycles. The normalized spacial score (nSPS) is 18.0. The molecular weight excluding hydrogens is 280 g/mol. The molecule has 0 fully saturated rings. The highest BCUT2D eigenvalue weighted by atomic mass is 16.5. The predicted octanol–water partition coefficient (Wildman–Crippen LogP) is 2.39. The summed E-state index contributed by atoms with van der Waals surface area (Å²) in [7, 11) is 1.67. The van der Waals surface area contributed by atoms with Gasteiger partial charge >= 0.3 is 6.03 Å². The van der Waals surface area contributed by atoms with Crippen molar-refractivity contribution in [1.82, 2.24) is 10.6 Å². The van der Waals surface area contributed by atoms with Crippen LogP contribution in [0.5, 0.6) is 5.75 Å². The quantitative estimate of drug-likeness (QED) is 0.756. The second kappa shape index (κ2) is 7.49. The number of ether oxygens (including phenoxy) is 1. The maximum Gasteiger partial charge on any atom is 0.315 e. The Bertz CT molecular complexity index is 517. The number of hydrogen-bond acceptors (Lipinski definition) is 3. The third-order valence-electron chi connectivity index (χ3n) is 4.31. The number of benzene rings is 1. The molecule has 22 heavy (non-hydrogen) atoms. The Morgan fingerprint density at radius 3 is 2.86 bits per heavy atom. The average molecular weight is 306 g/mol. The van der Waals surface area contributed by atoms with Crippen LogP contribution in [0.25, 0.3) is 0 Å². The molecule has 0 spiro atoms. The summed E-state index contributed by atoms with van der Waals surface area (Å²) in [5, 5.41) is 15.1. The van der Waals surface area contributed by atoms with E-state index >= 15 is 0 Å². The van der Waals surface area contributed by atoms with Crippen LogP contribution in [0.2, 0.25) is 0 Å². The number of hydrogen-bond donors (Lipinski definition) is 3. The van der Waals surface area contributed by atoms with E-state index in [1.54, 1.807) is 7.11 Å². The Morgan fingerprint density at radius 2 is 2.23 bits per heavy atom. The number of amides is 2. The molecule has 0 bridgehead atoms. The largest absolute Gasteiger partial charge is 0.496 e. The molecule has 0 heterocycles. The first-order valence-electron chi connectivity index (χ1n) is 7.90. The fourth-order valence-electron chi connectivity index (χ4n) is 3.04. The number of aliphatic hydroxyl groups excluding tert-OH is 1. The highest BCUT2D eigenvalue weighted by Crippen LogP contribution is 2.36. The second-order valence-corrected chi connectivity index (χ2v) is 6.10. The molecule has 2 atom stereocenters. The van der Waals surface area contributed by atoms with Gasteiger partial charge in [0.1, 0.15) is 5.75 Å². The molecule has 0 radical (unpaired) electrons. The van der Waals surface area contributed by atoms with Gasteiger partial charge in [0.25, 0.3) is 0 Å². The minimum absolute atomic E-state index is 0.0174. The first kappa shape index (κ1) is 16.6. The smallest absolute Gasteiger partial charge is 0.315 e. The molecule has 1 aromatic carbocycles. The van der Waals surface area contributed by atoms with Gasteiger partial charge in [-0.15, -0.1) is 0 Å². The second-order valence-electron chi connectivity index (χ2n) is 6.10. The van der Waals surface area contributed by atoms with Gasteiger partial charge in [-0.1, -0.05) is 26.0 Å². The van der Waals surface area contributed by atoms with Crippen molar-refractivity contribution in [2.45, 2.75) is 45.2 Å². The summed E-state index contributed by atoms with van der Waals surface area (Å²) in [5.41, 5.74) is 2.32. The topological polar surface area (TPSA) is 70.6 Å². The van der Waals surface area contributed by atoms with Crippen molar-refractivity contribution in [3.05, 3.63) is 29.3 Å². The predicted molar refractivity (Wildman–Crippen MR) is 86.1 cm³/mol. The lowest BCUT2D eigenvalue weighted by molar-refractivity contribution is 0.216. The Hall–Kier alpha value is -1.75. The van der Waals surface area contributed by atoms with E-state index in [0.717, 1.165) is 24.2 Å². The molecule has 5 nitrogen and oxygen atoms in total. The number of rotatable bonds is 6.